The van der Waals surface area contributed by atoms with E-state index in [4.69, 9.17) is 14.0 Å². The number of methoxy groups -OCH3 is 1. The molecule has 1 heterocycles. The van der Waals surface area contributed by atoms with Crippen LogP contribution in [-0.4, -0.2) is 36.0 Å². The Morgan fingerprint density at radius 2 is 1.66 bits per heavy atom. The second-order valence-electron chi connectivity index (χ2n) is 11.6. The van der Waals surface area contributed by atoms with E-state index in [9.17, 15) is 9.35 Å². The van der Waals surface area contributed by atoms with Crippen LogP contribution in [0, 0.1) is 0 Å². The molecule has 5 rings (SSSR count). The van der Waals surface area contributed by atoms with Crippen molar-refractivity contribution in [2.24, 2.45) is 0 Å². The Balaban J connectivity index is 1.22. The van der Waals surface area contributed by atoms with Crippen molar-refractivity contribution < 1.29 is 23.4 Å². The van der Waals surface area contributed by atoms with Gasteiger partial charge in [-0.2, -0.15) is 0 Å². The quantitative estimate of drug-likeness (QED) is 0.340. The first kappa shape index (κ1) is 27.4. The van der Waals surface area contributed by atoms with Crippen LogP contribution in [0.3, 0.4) is 0 Å². The Morgan fingerprint density at radius 3 is 2.26 bits per heavy atom. The number of fused-ring (bicyclic) bond motifs is 2. The molecule has 0 radical (unpaired) electrons. The van der Waals surface area contributed by atoms with E-state index in [1.807, 2.05) is 12.1 Å². The van der Waals surface area contributed by atoms with Gasteiger partial charge in [-0.3, -0.25) is 0 Å². The van der Waals surface area contributed by atoms with E-state index < -0.39 is 17.4 Å². The van der Waals surface area contributed by atoms with Gasteiger partial charge in [0.2, 0.25) is 0 Å². The summed E-state index contributed by atoms with van der Waals surface area (Å²) in [4.78, 5) is 13.5. The Labute approximate surface area is 229 Å². The lowest BCUT2D eigenvalue weighted by molar-refractivity contribution is 0.00578. The first-order valence-electron chi connectivity index (χ1n) is 13.8. The molecule has 1 atom stereocenters. The van der Waals surface area contributed by atoms with Gasteiger partial charge < -0.3 is 23.9 Å². The molecule has 38 heavy (non-hydrogen) atoms. The predicted octanol–water partition coefficient (Wildman–Crippen LogP) is 5.54. The van der Waals surface area contributed by atoms with Crippen LogP contribution >= 0.6 is 0 Å². The van der Waals surface area contributed by atoms with Gasteiger partial charge in [-0.1, -0.05) is 12.5 Å². The molecule has 1 unspecified atom stereocenters. The van der Waals surface area contributed by atoms with Gasteiger partial charge in [0, 0.05) is 11.8 Å². The van der Waals surface area contributed by atoms with Crippen molar-refractivity contribution in [3.8, 4) is 5.75 Å². The van der Waals surface area contributed by atoms with Crippen LogP contribution in [0.4, 0.5) is 10.5 Å². The van der Waals surface area contributed by atoms with E-state index >= 15 is 0 Å². The molecule has 7 nitrogen and oxygen atoms in total. The summed E-state index contributed by atoms with van der Waals surface area (Å²) >= 11 is -1.70. The van der Waals surface area contributed by atoms with E-state index in [1.165, 1.54) is 22.3 Å². The highest BCUT2D eigenvalue weighted by Crippen LogP contribution is 2.39. The molecular formula is C29H39BN2O5S. The van der Waals surface area contributed by atoms with Crippen molar-refractivity contribution in [1.82, 2.24) is 4.72 Å². The largest absolute Gasteiger partial charge is 0.588 e. The molecule has 0 bridgehead atoms. The number of urea groups is 1. The van der Waals surface area contributed by atoms with Crippen molar-refractivity contribution in [2.45, 2.75) is 101 Å². The molecule has 2 amide bonds. The first-order valence-corrected chi connectivity index (χ1v) is 14.9. The van der Waals surface area contributed by atoms with Crippen LogP contribution in [0.5, 0.6) is 5.75 Å². The number of benzene rings is 2. The number of anilines is 1. The minimum atomic E-state index is -1.70. The smallest absolute Gasteiger partial charge is 0.457 e. The lowest BCUT2D eigenvalue weighted by Crippen LogP contribution is -2.41. The van der Waals surface area contributed by atoms with E-state index in [-0.39, 0.29) is 18.3 Å². The van der Waals surface area contributed by atoms with E-state index in [2.05, 4.69) is 43.8 Å². The molecule has 0 saturated carbocycles. The third kappa shape index (κ3) is 5.44. The van der Waals surface area contributed by atoms with E-state index in [0.717, 1.165) is 68.3 Å². The average Bonchev–Trinajstić information content (AvgIpc) is 3.56. The van der Waals surface area contributed by atoms with Crippen molar-refractivity contribution in [3.63, 3.8) is 0 Å². The van der Waals surface area contributed by atoms with E-state index in [0.29, 0.717) is 11.3 Å². The van der Waals surface area contributed by atoms with Crippen molar-refractivity contribution in [1.29, 1.82) is 0 Å². The maximum absolute atomic E-state index is 13.1. The third-order valence-electron chi connectivity index (χ3n) is 8.55. The predicted molar refractivity (Wildman–Crippen MR) is 151 cm³/mol. The van der Waals surface area contributed by atoms with Gasteiger partial charge in [-0.05, 0) is 119 Å². The third-order valence-corrected chi connectivity index (χ3v) is 9.60. The topological polar surface area (TPSA) is 91.9 Å². The summed E-state index contributed by atoms with van der Waals surface area (Å²) in [6.07, 6.45) is 8.60. The summed E-state index contributed by atoms with van der Waals surface area (Å²) in [5.74, 6) is 0.736. The molecular weight excluding hydrogens is 499 g/mol. The lowest BCUT2D eigenvalue weighted by atomic mass is 9.82. The zero-order chi connectivity index (χ0) is 27.1. The van der Waals surface area contributed by atoms with Gasteiger partial charge in [0.15, 0.2) is 4.90 Å². The number of carbonyl (C=O) groups excluding carboxylic acids is 1. The molecule has 1 saturated heterocycles. The second-order valence-corrected chi connectivity index (χ2v) is 12.8. The number of aryl methyl sites for hydroxylation is 3. The van der Waals surface area contributed by atoms with Crippen molar-refractivity contribution in [3.05, 3.63) is 52.1 Å². The standard InChI is InChI=1S/C29H39BN2O5S/c1-28(2)29(3,4)37-30(36-28)16-8-11-21-18-22(14-15-25(21)35-5)38(34)32-27(33)31-26-23-12-6-9-19(23)17-20-10-7-13-24(20)26/h14-15,17-18H,6-13,16H2,1-5H3,(H2,31,32,33). The van der Waals surface area contributed by atoms with Crippen LogP contribution in [0.25, 0.3) is 0 Å². The number of hydrogen-bond donors (Lipinski definition) is 2. The molecule has 2 aliphatic carbocycles. The van der Waals surface area contributed by atoms with Gasteiger partial charge in [0.05, 0.1) is 18.3 Å². The Hall–Kier alpha value is -2.20. The molecule has 9 heteroatoms. The maximum Gasteiger partial charge on any atom is 0.457 e. The van der Waals surface area contributed by atoms with Crippen LogP contribution in [0.15, 0.2) is 29.2 Å². The molecule has 2 aromatic rings. The molecule has 0 spiro atoms. The van der Waals surface area contributed by atoms with Crippen LogP contribution in [0.2, 0.25) is 6.32 Å². The van der Waals surface area contributed by atoms with Gasteiger partial charge in [0.1, 0.15) is 17.1 Å². The number of amides is 2. The summed E-state index contributed by atoms with van der Waals surface area (Å²) < 4.78 is 33.6. The summed E-state index contributed by atoms with van der Waals surface area (Å²) in [6, 6.07) is 7.31. The van der Waals surface area contributed by atoms with Gasteiger partial charge >= 0.3 is 13.1 Å². The number of ether oxygens (including phenoxy) is 1. The molecule has 204 valence electrons. The molecule has 1 fully saturated rings. The maximum atomic E-state index is 13.1. The van der Waals surface area contributed by atoms with Crippen LogP contribution in [-0.2, 0) is 52.8 Å². The average molecular weight is 539 g/mol. The fourth-order valence-electron chi connectivity index (χ4n) is 5.86. The number of rotatable bonds is 8. The van der Waals surface area contributed by atoms with Gasteiger partial charge in [0.25, 0.3) is 0 Å². The highest BCUT2D eigenvalue weighted by atomic mass is 32.2. The van der Waals surface area contributed by atoms with Gasteiger partial charge in [-0.15, -0.1) is 4.72 Å². The monoisotopic (exact) mass is 538 g/mol. The lowest BCUT2D eigenvalue weighted by Gasteiger charge is -2.32. The summed E-state index contributed by atoms with van der Waals surface area (Å²) in [5, 5.41) is 3.06. The highest BCUT2D eigenvalue weighted by molar-refractivity contribution is 7.90. The molecule has 3 aliphatic rings. The fourth-order valence-corrected chi connectivity index (χ4v) is 6.64. The molecule has 1 aliphatic heterocycles. The van der Waals surface area contributed by atoms with Gasteiger partial charge in [-0.25, -0.2) is 4.79 Å². The number of carbonyl (C=O) groups is 1. The summed E-state index contributed by atoms with van der Waals surface area (Å²) in [7, 11) is 1.38. The number of nitrogens with one attached hydrogen (secondary N) is 2. The van der Waals surface area contributed by atoms with Crippen LogP contribution < -0.4 is 14.8 Å². The molecule has 2 aromatic carbocycles. The first-order chi connectivity index (χ1) is 18.1. The molecule has 0 aromatic heterocycles. The zero-order valence-corrected chi connectivity index (χ0v) is 24.0. The molecule has 2 N–H and O–H groups in total. The van der Waals surface area contributed by atoms with Crippen molar-refractivity contribution in [2.75, 3.05) is 12.4 Å². The van der Waals surface area contributed by atoms with Crippen LogP contribution in [0.1, 0.15) is 74.8 Å². The Bertz CT molecular complexity index is 1170. The normalized spacial score (nSPS) is 19.7. The Morgan fingerprint density at radius 1 is 1.03 bits per heavy atom. The number of hydrogen-bond acceptors (Lipinski definition) is 5. The van der Waals surface area contributed by atoms with E-state index in [1.54, 1.807) is 13.2 Å². The minimum absolute atomic E-state index is 0.255. The Kier molecular flexibility index (Phi) is 7.75. The fraction of sp³-hybridized carbons (Fsp3) is 0.552. The van der Waals surface area contributed by atoms with Crippen molar-refractivity contribution >= 4 is 30.2 Å². The second kappa shape index (κ2) is 10.8. The zero-order valence-electron chi connectivity index (χ0n) is 23.2. The highest BCUT2D eigenvalue weighted by Gasteiger charge is 2.50. The SMILES string of the molecule is COc1ccc([S+]([O-])NC(=O)Nc2c3c(cc4c2CCC4)CCC3)cc1CCCB1OC(C)(C)C(C)(C)O1. The minimum Gasteiger partial charge on any atom is -0.588 e. The summed E-state index contributed by atoms with van der Waals surface area (Å²) in [5.41, 5.74) is 6.39. The summed E-state index contributed by atoms with van der Waals surface area (Å²) in [6.45, 7) is 8.21.